The van der Waals surface area contributed by atoms with E-state index in [1.165, 1.54) is 0 Å². The van der Waals surface area contributed by atoms with E-state index >= 15 is 0 Å². The first-order valence-corrected chi connectivity index (χ1v) is 6.09. The number of anilines is 1. The van der Waals surface area contributed by atoms with Crippen molar-refractivity contribution in [2.45, 2.75) is 20.3 Å². The molecule has 2 rings (SSSR count). The molecule has 1 aromatic carbocycles. The van der Waals surface area contributed by atoms with Crippen molar-refractivity contribution >= 4 is 23.3 Å². The zero-order valence-electron chi connectivity index (χ0n) is 10.2. The Morgan fingerprint density at radius 3 is 2.83 bits per heavy atom. The van der Waals surface area contributed by atoms with Gasteiger partial charge in [-0.05, 0) is 37.1 Å². The quantitative estimate of drug-likeness (QED) is 0.894. The maximum atomic E-state index is 12.0. The fourth-order valence-corrected chi connectivity index (χ4v) is 1.90. The van der Waals surface area contributed by atoms with Crippen LogP contribution in [0.1, 0.15) is 28.5 Å². The van der Waals surface area contributed by atoms with Gasteiger partial charge in [0.1, 0.15) is 0 Å². The van der Waals surface area contributed by atoms with Crippen LogP contribution in [0.2, 0.25) is 5.02 Å². The lowest BCUT2D eigenvalue weighted by Crippen LogP contribution is -2.13. The van der Waals surface area contributed by atoms with E-state index in [0.717, 1.165) is 17.7 Å². The van der Waals surface area contributed by atoms with Gasteiger partial charge in [-0.1, -0.05) is 18.5 Å². The topological polar surface area (TPSA) is 57.8 Å². The number of carbonyl (C=O) groups is 1. The van der Waals surface area contributed by atoms with Crippen LogP contribution in [-0.2, 0) is 6.42 Å². The maximum absolute atomic E-state index is 12.0. The summed E-state index contributed by atoms with van der Waals surface area (Å²) >= 11 is 5.85. The average molecular weight is 264 g/mol. The van der Waals surface area contributed by atoms with Crippen molar-refractivity contribution in [1.29, 1.82) is 0 Å². The Hall–Kier alpha value is -1.81. The van der Waals surface area contributed by atoms with Gasteiger partial charge in [-0.25, -0.2) is 0 Å². The third kappa shape index (κ3) is 2.71. The number of halogens is 1. The van der Waals surface area contributed by atoms with Gasteiger partial charge in [-0.2, -0.15) is 5.10 Å². The molecule has 0 spiro atoms. The number of aryl methyl sites for hydroxylation is 2. The van der Waals surface area contributed by atoms with Gasteiger partial charge in [0.15, 0.2) is 5.82 Å². The summed E-state index contributed by atoms with van der Waals surface area (Å²) < 4.78 is 0. The van der Waals surface area contributed by atoms with Gasteiger partial charge >= 0.3 is 0 Å². The van der Waals surface area contributed by atoms with Crippen molar-refractivity contribution in [3.63, 3.8) is 0 Å². The van der Waals surface area contributed by atoms with Crippen LogP contribution in [0.3, 0.4) is 0 Å². The van der Waals surface area contributed by atoms with E-state index in [-0.39, 0.29) is 5.91 Å². The number of nitrogens with zero attached hydrogens (tertiary/aromatic N) is 1. The van der Waals surface area contributed by atoms with Gasteiger partial charge in [0, 0.05) is 22.3 Å². The van der Waals surface area contributed by atoms with Crippen molar-refractivity contribution in [2.75, 3.05) is 5.32 Å². The number of H-pyrrole nitrogens is 1. The number of aromatic nitrogens is 2. The molecule has 0 atom stereocenters. The van der Waals surface area contributed by atoms with Gasteiger partial charge in [0.05, 0.1) is 0 Å². The lowest BCUT2D eigenvalue weighted by atomic mass is 10.1. The Balaban J connectivity index is 2.16. The van der Waals surface area contributed by atoms with Crippen LogP contribution < -0.4 is 5.32 Å². The number of aromatic amines is 1. The van der Waals surface area contributed by atoms with Crippen LogP contribution in [0.25, 0.3) is 0 Å². The molecule has 0 bridgehead atoms. The van der Waals surface area contributed by atoms with Gasteiger partial charge < -0.3 is 5.32 Å². The van der Waals surface area contributed by atoms with Gasteiger partial charge in [-0.15, -0.1) is 0 Å². The third-order valence-electron chi connectivity index (χ3n) is 2.69. The zero-order valence-corrected chi connectivity index (χ0v) is 11.0. The molecule has 18 heavy (non-hydrogen) atoms. The predicted molar refractivity (Wildman–Crippen MR) is 72.1 cm³/mol. The number of rotatable bonds is 3. The van der Waals surface area contributed by atoms with Crippen molar-refractivity contribution in [3.05, 3.63) is 46.1 Å². The molecule has 94 valence electrons. The second kappa shape index (κ2) is 5.23. The second-order valence-electron chi connectivity index (χ2n) is 4.05. The van der Waals surface area contributed by atoms with E-state index in [2.05, 4.69) is 15.5 Å². The van der Waals surface area contributed by atoms with Crippen LogP contribution in [0.4, 0.5) is 5.82 Å². The highest BCUT2D eigenvalue weighted by atomic mass is 35.5. The summed E-state index contributed by atoms with van der Waals surface area (Å²) in [5.41, 5.74) is 2.42. The number of amides is 1. The molecule has 0 aliphatic carbocycles. The Labute approximate surface area is 110 Å². The first-order valence-electron chi connectivity index (χ1n) is 5.72. The SMILES string of the molecule is CCc1cc(NC(=O)c2ccc(Cl)cc2C)n[nH]1. The van der Waals surface area contributed by atoms with Crippen molar-refractivity contribution < 1.29 is 4.79 Å². The average Bonchev–Trinajstić information content (AvgIpc) is 2.76. The minimum Gasteiger partial charge on any atom is -0.305 e. The van der Waals surface area contributed by atoms with Crippen LogP contribution in [-0.4, -0.2) is 16.1 Å². The van der Waals surface area contributed by atoms with Crippen LogP contribution >= 0.6 is 11.6 Å². The molecule has 2 N–H and O–H groups in total. The largest absolute Gasteiger partial charge is 0.305 e. The Morgan fingerprint density at radius 1 is 1.44 bits per heavy atom. The van der Waals surface area contributed by atoms with E-state index in [1.54, 1.807) is 18.2 Å². The molecule has 1 amide bonds. The molecular weight excluding hydrogens is 250 g/mol. The Kier molecular flexibility index (Phi) is 3.67. The van der Waals surface area contributed by atoms with E-state index in [1.807, 2.05) is 19.9 Å². The molecule has 5 heteroatoms. The summed E-state index contributed by atoms with van der Waals surface area (Å²) in [6, 6.07) is 6.99. The summed E-state index contributed by atoms with van der Waals surface area (Å²) in [6.45, 7) is 3.87. The summed E-state index contributed by atoms with van der Waals surface area (Å²) in [6.07, 6.45) is 0.850. The molecule has 4 nitrogen and oxygen atoms in total. The third-order valence-corrected chi connectivity index (χ3v) is 2.92. The minimum absolute atomic E-state index is 0.182. The fraction of sp³-hybridized carbons (Fsp3) is 0.231. The number of nitrogens with one attached hydrogen (secondary N) is 2. The van der Waals surface area contributed by atoms with Gasteiger partial charge in [0.2, 0.25) is 0 Å². The van der Waals surface area contributed by atoms with E-state index < -0.39 is 0 Å². The molecule has 0 aliphatic rings. The molecule has 0 saturated carbocycles. The lowest BCUT2D eigenvalue weighted by Gasteiger charge is -2.05. The molecule has 0 fully saturated rings. The first kappa shape index (κ1) is 12.6. The highest BCUT2D eigenvalue weighted by Crippen LogP contribution is 2.16. The molecule has 0 radical (unpaired) electrons. The molecule has 2 aromatic rings. The summed E-state index contributed by atoms with van der Waals surface area (Å²) in [5, 5.41) is 10.2. The number of hydrogen-bond acceptors (Lipinski definition) is 2. The lowest BCUT2D eigenvalue weighted by molar-refractivity contribution is 0.102. The van der Waals surface area contributed by atoms with Crippen LogP contribution in [0.15, 0.2) is 24.3 Å². The molecule has 1 aromatic heterocycles. The minimum atomic E-state index is -0.182. The number of benzene rings is 1. The first-order chi connectivity index (χ1) is 8.60. The van der Waals surface area contributed by atoms with Crippen molar-refractivity contribution in [3.8, 4) is 0 Å². The normalized spacial score (nSPS) is 10.4. The molecular formula is C13H14ClN3O. The number of hydrogen-bond donors (Lipinski definition) is 2. The highest BCUT2D eigenvalue weighted by Gasteiger charge is 2.11. The van der Waals surface area contributed by atoms with Gasteiger partial charge in [0.25, 0.3) is 5.91 Å². The molecule has 1 heterocycles. The second-order valence-corrected chi connectivity index (χ2v) is 4.48. The molecule has 0 unspecified atom stereocenters. The molecule has 0 aliphatic heterocycles. The van der Waals surface area contributed by atoms with Crippen LogP contribution in [0, 0.1) is 6.92 Å². The summed E-state index contributed by atoms with van der Waals surface area (Å²) in [4.78, 5) is 12.0. The van der Waals surface area contributed by atoms with Crippen molar-refractivity contribution in [2.24, 2.45) is 0 Å². The standard InChI is InChI=1S/C13H14ClN3O/c1-3-10-7-12(17-16-10)15-13(18)11-5-4-9(14)6-8(11)2/h4-7H,3H2,1-2H3,(H2,15,16,17,18). The van der Waals surface area contributed by atoms with E-state index in [4.69, 9.17) is 11.6 Å². The summed E-state index contributed by atoms with van der Waals surface area (Å²) in [7, 11) is 0. The monoisotopic (exact) mass is 263 g/mol. The predicted octanol–water partition coefficient (Wildman–Crippen LogP) is 3.19. The fourth-order valence-electron chi connectivity index (χ4n) is 1.67. The Bertz CT molecular complexity index is 577. The Morgan fingerprint density at radius 2 is 2.22 bits per heavy atom. The summed E-state index contributed by atoms with van der Waals surface area (Å²) in [5.74, 6) is 0.351. The smallest absolute Gasteiger partial charge is 0.257 e. The maximum Gasteiger partial charge on any atom is 0.257 e. The van der Waals surface area contributed by atoms with E-state index in [0.29, 0.717) is 16.4 Å². The number of carbonyl (C=O) groups excluding carboxylic acids is 1. The van der Waals surface area contributed by atoms with Crippen molar-refractivity contribution in [1.82, 2.24) is 10.2 Å². The van der Waals surface area contributed by atoms with Gasteiger partial charge in [-0.3, -0.25) is 9.89 Å². The van der Waals surface area contributed by atoms with Crippen LogP contribution in [0.5, 0.6) is 0 Å². The highest BCUT2D eigenvalue weighted by molar-refractivity contribution is 6.30. The van der Waals surface area contributed by atoms with E-state index in [9.17, 15) is 4.79 Å². The zero-order chi connectivity index (χ0) is 13.1. The molecule has 0 saturated heterocycles.